The zero-order chi connectivity index (χ0) is 14.8. The van der Waals surface area contributed by atoms with Gasteiger partial charge in [-0.25, -0.2) is 13.6 Å². The van der Waals surface area contributed by atoms with Crippen LogP contribution in [0, 0.1) is 0 Å². The molecule has 0 radical (unpaired) electrons. The maximum atomic E-state index is 11.2. The van der Waals surface area contributed by atoms with E-state index in [1.807, 2.05) is 19.3 Å². The smallest absolute Gasteiger partial charge is 0.238 e. The molecule has 0 amide bonds. The molecular formula is C12H17N5O2S. The molecule has 0 spiro atoms. The van der Waals surface area contributed by atoms with E-state index in [1.165, 1.54) is 12.1 Å². The number of hydrogen-bond acceptors (Lipinski definition) is 5. The van der Waals surface area contributed by atoms with Gasteiger partial charge in [0.25, 0.3) is 0 Å². The number of nitrogens with one attached hydrogen (secondary N) is 1. The predicted octanol–water partition coefficient (Wildman–Crippen LogP) is 0.304. The Kier molecular flexibility index (Phi) is 3.96. The molecule has 108 valence electrons. The summed E-state index contributed by atoms with van der Waals surface area (Å²) < 4.78 is 24.1. The molecule has 8 heteroatoms. The Morgan fingerprint density at radius 3 is 2.65 bits per heavy atom. The van der Waals surface area contributed by atoms with Crippen LogP contribution in [0.15, 0.2) is 35.4 Å². The summed E-state index contributed by atoms with van der Waals surface area (Å²) in [7, 11) is -1.86. The van der Waals surface area contributed by atoms with Gasteiger partial charge >= 0.3 is 0 Å². The molecule has 0 saturated carbocycles. The molecule has 7 nitrogen and oxygen atoms in total. The monoisotopic (exact) mass is 295 g/mol. The molecule has 0 atom stereocenters. The second-order valence-electron chi connectivity index (χ2n) is 4.45. The van der Waals surface area contributed by atoms with Gasteiger partial charge in [-0.3, -0.25) is 4.68 Å². The van der Waals surface area contributed by atoms with E-state index in [1.54, 1.807) is 10.7 Å². The van der Waals surface area contributed by atoms with Crippen molar-refractivity contribution < 1.29 is 8.42 Å². The highest BCUT2D eigenvalue weighted by Gasteiger charge is 2.09. The molecule has 0 saturated heterocycles. The Balaban J connectivity index is 2.00. The van der Waals surface area contributed by atoms with Crippen molar-refractivity contribution in [3.63, 3.8) is 0 Å². The summed E-state index contributed by atoms with van der Waals surface area (Å²) in [5, 5.41) is 12.4. The van der Waals surface area contributed by atoms with Gasteiger partial charge in [-0.15, -0.1) is 0 Å². The van der Waals surface area contributed by atoms with E-state index < -0.39 is 10.0 Å². The lowest BCUT2D eigenvalue weighted by molar-refractivity contribution is 0.598. The third-order valence-corrected chi connectivity index (χ3v) is 3.73. The number of sulfonamides is 1. The lowest BCUT2D eigenvalue weighted by atomic mass is 10.2. The normalized spacial score (nSPS) is 11.5. The van der Waals surface area contributed by atoms with Crippen LogP contribution in [-0.2, 0) is 23.5 Å². The van der Waals surface area contributed by atoms with Gasteiger partial charge in [0.05, 0.1) is 22.0 Å². The number of nitrogens with zero attached hydrogens (tertiary/aromatic N) is 2. The van der Waals surface area contributed by atoms with E-state index >= 15 is 0 Å². The van der Waals surface area contributed by atoms with Gasteiger partial charge in [-0.1, -0.05) is 0 Å². The maximum absolute atomic E-state index is 11.2. The lowest BCUT2D eigenvalue weighted by Gasteiger charge is -2.09. The highest BCUT2D eigenvalue weighted by atomic mass is 32.2. The van der Waals surface area contributed by atoms with Crippen LogP contribution < -0.4 is 16.2 Å². The van der Waals surface area contributed by atoms with Crippen LogP contribution >= 0.6 is 0 Å². The summed E-state index contributed by atoms with van der Waals surface area (Å²) >= 11 is 0. The molecule has 0 aliphatic heterocycles. The van der Waals surface area contributed by atoms with Crippen molar-refractivity contribution in [2.24, 2.45) is 12.2 Å². The summed E-state index contributed by atoms with van der Waals surface area (Å²) in [6.45, 7) is 0.649. The van der Waals surface area contributed by atoms with Crippen LogP contribution in [0.3, 0.4) is 0 Å². The number of benzene rings is 1. The van der Waals surface area contributed by atoms with Gasteiger partial charge in [-0.2, -0.15) is 5.10 Å². The number of aryl methyl sites for hydroxylation is 1. The van der Waals surface area contributed by atoms with Crippen LogP contribution in [0.4, 0.5) is 11.4 Å². The Morgan fingerprint density at radius 2 is 2.10 bits per heavy atom. The van der Waals surface area contributed by atoms with E-state index in [0.717, 1.165) is 12.1 Å². The number of aromatic nitrogens is 2. The van der Waals surface area contributed by atoms with Crippen molar-refractivity contribution in [3.8, 4) is 0 Å². The molecule has 20 heavy (non-hydrogen) atoms. The van der Waals surface area contributed by atoms with Crippen molar-refractivity contribution >= 4 is 21.4 Å². The first-order chi connectivity index (χ1) is 9.36. The van der Waals surface area contributed by atoms with Gasteiger partial charge in [-0.05, 0) is 24.3 Å². The fourth-order valence-corrected chi connectivity index (χ4v) is 2.35. The quantitative estimate of drug-likeness (QED) is 0.686. The number of nitrogens with two attached hydrogens (primary N) is 2. The third-order valence-electron chi connectivity index (χ3n) is 2.82. The van der Waals surface area contributed by atoms with Crippen molar-refractivity contribution in [3.05, 3.63) is 36.2 Å². The highest BCUT2D eigenvalue weighted by molar-refractivity contribution is 7.89. The molecule has 0 aliphatic rings. The van der Waals surface area contributed by atoms with Crippen LogP contribution in [0.2, 0.25) is 0 Å². The lowest BCUT2D eigenvalue weighted by Crippen LogP contribution is -2.13. The summed E-state index contributed by atoms with van der Waals surface area (Å²) in [5.41, 5.74) is 7.79. The molecule has 1 heterocycles. The first-order valence-corrected chi connectivity index (χ1v) is 7.55. The minimum atomic E-state index is -3.72. The Bertz CT molecular complexity index is 708. The second kappa shape index (κ2) is 5.51. The van der Waals surface area contributed by atoms with Gasteiger partial charge < -0.3 is 11.1 Å². The van der Waals surface area contributed by atoms with Crippen LogP contribution in [0.5, 0.6) is 0 Å². The number of anilines is 2. The molecule has 0 fully saturated rings. The molecule has 0 bridgehead atoms. The predicted molar refractivity (Wildman–Crippen MR) is 77.6 cm³/mol. The minimum Gasteiger partial charge on any atom is -0.397 e. The van der Waals surface area contributed by atoms with Gasteiger partial charge in [0.2, 0.25) is 10.0 Å². The summed E-state index contributed by atoms with van der Waals surface area (Å²) in [6.07, 6.45) is 2.63. The Morgan fingerprint density at radius 1 is 1.35 bits per heavy atom. The molecule has 2 rings (SSSR count). The van der Waals surface area contributed by atoms with Crippen LogP contribution in [-0.4, -0.2) is 24.7 Å². The van der Waals surface area contributed by atoms with Gasteiger partial charge in [0, 0.05) is 26.2 Å². The topological polar surface area (TPSA) is 116 Å². The number of primary sulfonamides is 1. The van der Waals surface area contributed by atoms with E-state index in [2.05, 4.69) is 10.4 Å². The first kappa shape index (κ1) is 14.4. The Hall–Kier alpha value is -2.06. The number of hydrogen-bond donors (Lipinski definition) is 3. The number of nitrogen functional groups attached to an aromatic ring is 1. The van der Waals surface area contributed by atoms with Crippen LogP contribution in [0.1, 0.15) is 5.69 Å². The average Bonchev–Trinajstić information content (AvgIpc) is 2.76. The standard InChI is InChI=1S/C12H17N5O2S/c1-17-7-5-9(16-17)4-6-15-12-3-2-10(8-11(12)13)20(14,18)19/h2-3,5,7-8,15H,4,6,13H2,1H3,(H2,14,18,19). The first-order valence-electron chi connectivity index (χ1n) is 6.01. The average molecular weight is 295 g/mol. The van der Waals surface area contributed by atoms with Crippen LogP contribution in [0.25, 0.3) is 0 Å². The van der Waals surface area contributed by atoms with Crippen molar-refractivity contribution in [2.45, 2.75) is 11.3 Å². The fraction of sp³-hybridized carbons (Fsp3) is 0.250. The van der Waals surface area contributed by atoms with Crippen molar-refractivity contribution in [1.82, 2.24) is 9.78 Å². The number of rotatable bonds is 5. The minimum absolute atomic E-state index is 0.00489. The molecule has 1 aromatic carbocycles. The largest absolute Gasteiger partial charge is 0.397 e. The van der Waals surface area contributed by atoms with E-state index in [0.29, 0.717) is 17.9 Å². The SMILES string of the molecule is Cn1ccc(CCNc2ccc(S(N)(=O)=O)cc2N)n1. The molecule has 1 aromatic heterocycles. The zero-order valence-electron chi connectivity index (χ0n) is 11.1. The molecule has 2 aromatic rings. The zero-order valence-corrected chi connectivity index (χ0v) is 11.9. The van der Waals surface area contributed by atoms with Crippen molar-refractivity contribution in [2.75, 3.05) is 17.6 Å². The van der Waals surface area contributed by atoms with Gasteiger partial charge in [0.1, 0.15) is 0 Å². The third kappa shape index (κ3) is 3.49. The van der Waals surface area contributed by atoms with E-state index in [-0.39, 0.29) is 4.90 Å². The summed E-state index contributed by atoms with van der Waals surface area (Å²) in [4.78, 5) is 0.00489. The highest BCUT2D eigenvalue weighted by Crippen LogP contribution is 2.21. The van der Waals surface area contributed by atoms with Crippen molar-refractivity contribution in [1.29, 1.82) is 0 Å². The Labute approximate surface area is 117 Å². The summed E-state index contributed by atoms with van der Waals surface area (Å²) in [5.74, 6) is 0. The maximum Gasteiger partial charge on any atom is 0.238 e. The van der Waals surface area contributed by atoms with Gasteiger partial charge in [0.15, 0.2) is 0 Å². The second-order valence-corrected chi connectivity index (χ2v) is 6.01. The molecule has 0 unspecified atom stereocenters. The molecular weight excluding hydrogens is 278 g/mol. The fourth-order valence-electron chi connectivity index (χ4n) is 1.80. The summed E-state index contributed by atoms with van der Waals surface area (Å²) in [6, 6.07) is 6.32. The molecule has 5 N–H and O–H groups in total. The molecule has 0 aliphatic carbocycles. The van der Waals surface area contributed by atoms with E-state index in [9.17, 15) is 8.42 Å². The van der Waals surface area contributed by atoms with E-state index in [4.69, 9.17) is 10.9 Å².